The molecule has 3 N–H and O–H groups in total. The van der Waals surface area contributed by atoms with Crippen molar-refractivity contribution in [3.05, 3.63) is 29.6 Å². The average Bonchev–Trinajstić information content (AvgIpc) is 3.05. The van der Waals surface area contributed by atoms with Gasteiger partial charge in [0.1, 0.15) is 5.82 Å². The number of hydrogen-bond acceptors (Lipinski definition) is 3. The third-order valence-electron chi connectivity index (χ3n) is 5.27. The summed E-state index contributed by atoms with van der Waals surface area (Å²) in [6.45, 7) is 0.825. The van der Waals surface area contributed by atoms with Gasteiger partial charge in [0.05, 0.1) is 11.6 Å². The van der Waals surface area contributed by atoms with Gasteiger partial charge in [-0.15, -0.1) is 0 Å². The summed E-state index contributed by atoms with van der Waals surface area (Å²) in [7, 11) is 0. The number of rotatable bonds is 4. The van der Waals surface area contributed by atoms with E-state index >= 15 is 0 Å². The summed E-state index contributed by atoms with van der Waals surface area (Å²) in [6.07, 6.45) is 7.10. The fraction of sp³-hybridized carbons (Fsp3) is 0.556. The van der Waals surface area contributed by atoms with Crippen molar-refractivity contribution in [1.82, 2.24) is 5.32 Å². The molecule has 2 atom stereocenters. The summed E-state index contributed by atoms with van der Waals surface area (Å²) in [5.74, 6) is -1.42. The van der Waals surface area contributed by atoms with Crippen molar-refractivity contribution < 1.29 is 19.1 Å². The highest BCUT2D eigenvalue weighted by atomic mass is 19.1. The number of carbonyl (C=O) groups is 2. The first kappa shape index (κ1) is 16.9. The summed E-state index contributed by atoms with van der Waals surface area (Å²) in [5.41, 5.74) is -0.106. The van der Waals surface area contributed by atoms with Gasteiger partial charge in [-0.1, -0.05) is 32.1 Å². The number of aromatic carboxylic acids is 1. The van der Waals surface area contributed by atoms with Gasteiger partial charge in [-0.2, -0.15) is 0 Å². The van der Waals surface area contributed by atoms with Crippen LogP contribution in [0.2, 0.25) is 0 Å². The zero-order valence-electron chi connectivity index (χ0n) is 13.6. The Hall–Kier alpha value is -1.95. The fourth-order valence-electron chi connectivity index (χ4n) is 4.07. The largest absolute Gasteiger partial charge is 0.478 e. The second-order valence-electron chi connectivity index (χ2n) is 6.77. The summed E-state index contributed by atoms with van der Waals surface area (Å²) in [4.78, 5) is 23.4. The molecule has 0 bridgehead atoms. The highest BCUT2D eigenvalue weighted by Gasteiger charge is 2.38. The molecular formula is C18H23FN2O3. The molecule has 1 aliphatic carbocycles. The lowest BCUT2D eigenvalue weighted by molar-refractivity contribution is -0.119. The maximum atomic E-state index is 13.7. The molecule has 2 aliphatic rings. The Balaban J connectivity index is 1.67. The van der Waals surface area contributed by atoms with Crippen molar-refractivity contribution >= 4 is 17.6 Å². The second kappa shape index (κ2) is 7.30. The normalized spacial score (nSPS) is 24.7. The zero-order chi connectivity index (χ0) is 17.1. The van der Waals surface area contributed by atoms with Crippen LogP contribution in [0.15, 0.2) is 18.2 Å². The maximum Gasteiger partial charge on any atom is 0.338 e. The molecule has 1 saturated heterocycles. The molecule has 130 valence electrons. The predicted octanol–water partition coefficient (Wildman–Crippen LogP) is 3.02. The Morgan fingerprint density at radius 1 is 1.17 bits per heavy atom. The van der Waals surface area contributed by atoms with Crippen LogP contribution in [0.1, 0.15) is 48.9 Å². The van der Waals surface area contributed by atoms with E-state index in [1.54, 1.807) is 0 Å². The quantitative estimate of drug-likeness (QED) is 0.791. The molecule has 1 amide bonds. The number of hydrogen-bond donors (Lipinski definition) is 3. The van der Waals surface area contributed by atoms with E-state index in [0.717, 1.165) is 19.0 Å². The van der Waals surface area contributed by atoms with E-state index < -0.39 is 17.3 Å². The lowest BCUT2D eigenvalue weighted by Gasteiger charge is -2.30. The van der Waals surface area contributed by atoms with Gasteiger partial charge in [0.2, 0.25) is 5.91 Å². The topological polar surface area (TPSA) is 78.4 Å². The van der Waals surface area contributed by atoms with Gasteiger partial charge in [-0.3, -0.25) is 4.79 Å². The van der Waals surface area contributed by atoms with E-state index in [1.807, 2.05) is 0 Å². The molecule has 1 aliphatic heterocycles. The lowest BCUT2D eigenvalue weighted by Crippen LogP contribution is -2.42. The van der Waals surface area contributed by atoms with Crippen molar-refractivity contribution in [1.29, 1.82) is 0 Å². The van der Waals surface area contributed by atoms with E-state index in [9.17, 15) is 14.0 Å². The molecule has 6 heteroatoms. The van der Waals surface area contributed by atoms with E-state index in [2.05, 4.69) is 10.6 Å². The molecular weight excluding hydrogens is 311 g/mol. The van der Waals surface area contributed by atoms with Crippen LogP contribution in [-0.4, -0.2) is 29.6 Å². The van der Waals surface area contributed by atoms with E-state index in [0.29, 0.717) is 17.5 Å². The monoisotopic (exact) mass is 334 g/mol. The Kier molecular flexibility index (Phi) is 5.14. The van der Waals surface area contributed by atoms with Crippen molar-refractivity contribution in [3.63, 3.8) is 0 Å². The summed E-state index contributed by atoms with van der Waals surface area (Å²) >= 11 is 0. The fourth-order valence-corrected chi connectivity index (χ4v) is 4.07. The molecule has 1 aromatic carbocycles. The highest BCUT2D eigenvalue weighted by Crippen LogP contribution is 2.36. The molecule has 2 fully saturated rings. The van der Waals surface area contributed by atoms with E-state index in [-0.39, 0.29) is 11.9 Å². The van der Waals surface area contributed by atoms with Crippen LogP contribution in [0, 0.1) is 17.7 Å². The zero-order valence-corrected chi connectivity index (χ0v) is 13.6. The molecule has 3 rings (SSSR count). The smallest absolute Gasteiger partial charge is 0.338 e. The number of carboxylic acid groups (broad SMARTS) is 1. The molecule has 1 saturated carbocycles. The predicted molar refractivity (Wildman–Crippen MR) is 88.5 cm³/mol. The Bertz CT molecular complexity index is 629. The standard InChI is InChI=1S/C18H23FN2O3/c19-15-10-12(6-7-14(15)18(23)24)21-17(22)16-13(8-9-20-16)11-4-2-1-3-5-11/h6-7,10-11,13,16,20H,1-5,8-9H2,(H,21,22)(H,23,24)/t13?,16-/m0/s1. The van der Waals surface area contributed by atoms with Gasteiger partial charge in [0.15, 0.2) is 0 Å². The van der Waals surface area contributed by atoms with Gasteiger partial charge >= 0.3 is 5.97 Å². The molecule has 1 heterocycles. The molecule has 1 unspecified atom stereocenters. The molecule has 0 aromatic heterocycles. The molecule has 0 spiro atoms. The summed E-state index contributed by atoms with van der Waals surface area (Å²) in [6, 6.07) is 3.41. The third kappa shape index (κ3) is 3.59. The van der Waals surface area contributed by atoms with Gasteiger partial charge in [0, 0.05) is 5.69 Å². The van der Waals surface area contributed by atoms with Crippen LogP contribution in [-0.2, 0) is 4.79 Å². The Morgan fingerprint density at radius 2 is 1.92 bits per heavy atom. The van der Waals surface area contributed by atoms with Crippen molar-refractivity contribution in [2.24, 2.45) is 11.8 Å². The van der Waals surface area contributed by atoms with E-state index in [4.69, 9.17) is 5.11 Å². The van der Waals surface area contributed by atoms with Crippen LogP contribution in [0.25, 0.3) is 0 Å². The number of anilines is 1. The minimum Gasteiger partial charge on any atom is -0.478 e. The number of halogens is 1. The molecule has 24 heavy (non-hydrogen) atoms. The minimum atomic E-state index is -1.32. The maximum absolute atomic E-state index is 13.7. The highest BCUT2D eigenvalue weighted by molar-refractivity contribution is 5.96. The third-order valence-corrected chi connectivity index (χ3v) is 5.27. The number of benzene rings is 1. The Morgan fingerprint density at radius 3 is 2.58 bits per heavy atom. The lowest BCUT2D eigenvalue weighted by atomic mass is 9.76. The minimum absolute atomic E-state index is 0.162. The number of nitrogens with one attached hydrogen (secondary N) is 2. The van der Waals surface area contributed by atoms with Crippen molar-refractivity contribution in [3.8, 4) is 0 Å². The van der Waals surface area contributed by atoms with E-state index in [1.165, 1.54) is 44.2 Å². The van der Waals surface area contributed by atoms with Crippen LogP contribution in [0.4, 0.5) is 10.1 Å². The molecule has 0 radical (unpaired) electrons. The van der Waals surface area contributed by atoms with Crippen LogP contribution in [0.3, 0.4) is 0 Å². The number of amides is 1. The van der Waals surface area contributed by atoms with Crippen LogP contribution in [0.5, 0.6) is 0 Å². The van der Waals surface area contributed by atoms with Gasteiger partial charge in [-0.25, -0.2) is 9.18 Å². The number of carbonyl (C=O) groups excluding carboxylic acids is 1. The SMILES string of the molecule is O=C(O)c1ccc(NC(=O)[C@H]2NCCC2C2CCCCC2)cc1F. The Labute approximate surface area is 140 Å². The number of carboxylic acids is 1. The first-order valence-corrected chi connectivity index (χ1v) is 8.63. The van der Waals surface area contributed by atoms with Crippen LogP contribution >= 0.6 is 0 Å². The van der Waals surface area contributed by atoms with Gasteiger partial charge in [0.25, 0.3) is 0 Å². The second-order valence-corrected chi connectivity index (χ2v) is 6.77. The van der Waals surface area contributed by atoms with Gasteiger partial charge in [-0.05, 0) is 43.0 Å². The molecule has 5 nitrogen and oxygen atoms in total. The van der Waals surface area contributed by atoms with Crippen LogP contribution < -0.4 is 10.6 Å². The van der Waals surface area contributed by atoms with Crippen molar-refractivity contribution in [2.45, 2.75) is 44.6 Å². The van der Waals surface area contributed by atoms with Gasteiger partial charge < -0.3 is 15.7 Å². The van der Waals surface area contributed by atoms with Crippen molar-refractivity contribution in [2.75, 3.05) is 11.9 Å². The average molecular weight is 334 g/mol. The summed E-state index contributed by atoms with van der Waals surface area (Å²) < 4.78 is 13.7. The molecule has 1 aromatic rings. The summed E-state index contributed by atoms with van der Waals surface area (Å²) in [5, 5.41) is 14.8. The first-order chi connectivity index (χ1) is 11.6. The first-order valence-electron chi connectivity index (χ1n) is 8.63.